The van der Waals surface area contributed by atoms with E-state index in [0.29, 0.717) is 11.6 Å². The Labute approximate surface area is 111 Å². The Kier molecular flexibility index (Phi) is 3.21. The molecule has 0 saturated carbocycles. The van der Waals surface area contributed by atoms with Crippen LogP contribution in [-0.2, 0) is 11.2 Å². The molecule has 2 aromatic heterocycles. The summed E-state index contributed by atoms with van der Waals surface area (Å²) in [6, 6.07) is 4.15. The van der Waals surface area contributed by atoms with Gasteiger partial charge in [-0.3, -0.25) is 0 Å². The van der Waals surface area contributed by atoms with E-state index in [1.165, 1.54) is 20.0 Å². The average Bonchev–Trinajstić information content (AvgIpc) is 3.08. The van der Waals surface area contributed by atoms with E-state index in [1.54, 1.807) is 12.3 Å². The highest BCUT2D eigenvalue weighted by atomic mass is 16.5. The summed E-state index contributed by atoms with van der Waals surface area (Å²) in [6.07, 6.45) is 6.94. The molecule has 3 heterocycles. The van der Waals surface area contributed by atoms with Crippen LogP contribution in [0.3, 0.4) is 0 Å². The van der Waals surface area contributed by atoms with E-state index in [2.05, 4.69) is 10.3 Å². The normalized spacial score (nSPS) is 18.9. The second-order valence-corrected chi connectivity index (χ2v) is 4.88. The van der Waals surface area contributed by atoms with Crippen molar-refractivity contribution in [2.24, 2.45) is 0 Å². The van der Waals surface area contributed by atoms with Crippen LogP contribution in [0.25, 0.3) is 5.52 Å². The number of aromatic nitrogens is 2. The van der Waals surface area contributed by atoms with Crippen molar-refractivity contribution in [1.29, 1.82) is 0 Å². The van der Waals surface area contributed by atoms with Gasteiger partial charge in [-0.15, -0.1) is 0 Å². The zero-order valence-electron chi connectivity index (χ0n) is 10.9. The summed E-state index contributed by atoms with van der Waals surface area (Å²) in [7, 11) is 1.39. The van der Waals surface area contributed by atoms with Gasteiger partial charge < -0.3 is 14.5 Å². The fraction of sp³-hybridized carbons (Fsp3) is 0.429. The van der Waals surface area contributed by atoms with Gasteiger partial charge in [0.1, 0.15) is 5.82 Å². The van der Waals surface area contributed by atoms with E-state index < -0.39 is 0 Å². The molecule has 0 aromatic carbocycles. The number of pyridine rings is 1. The maximum absolute atomic E-state index is 11.6. The highest BCUT2D eigenvalue weighted by Gasteiger charge is 2.17. The Bertz CT molecular complexity index is 600. The average molecular weight is 259 g/mol. The largest absolute Gasteiger partial charge is 0.465 e. The molecule has 1 aliphatic rings. The van der Waals surface area contributed by atoms with Gasteiger partial charge in [0.2, 0.25) is 0 Å². The lowest BCUT2D eigenvalue weighted by Gasteiger charge is -2.09. The second kappa shape index (κ2) is 5.01. The number of rotatable bonds is 3. The molecule has 1 unspecified atom stereocenters. The molecule has 1 saturated heterocycles. The third kappa shape index (κ3) is 2.33. The maximum atomic E-state index is 11.6. The van der Waals surface area contributed by atoms with Gasteiger partial charge in [-0.05, 0) is 31.5 Å². The standard InChI is InChI=1S/C14H17N3O2/c1-19-14(18)10-4-5-12-8-16-13(17(12)9-10)7-11-3-2-6-15-11/h4-5,8-9,11,15H,2-3,6-7H2,1H3. The van der Waals surface area contributed by atoms with Crippen molar-refractivity contribution in [3.63, 3.8) is 0 Å². The number of nitrogens with zero attached hydrogens (tertiary/aromatic N) is 2. The quantitative estimate of drug-likeness (QED) is 0.847. The summed E-state index contributed by atoms with van der Waals surface area (Å²) in [4.78, 5) is 16.0. The van der Waals surface area contributed by atoms with Gasteiger partial charge in [0.05, 0.1) is 24.4 Å². The molecule has 0 spiro atoms. The summed E-state index contributed by atoms with van der Waals surface area (Å²) in [5.74, 6) is 0.667. The zero-order chi connectivity index (χ0) is 13.2. The molecule has 5 nitrogen and oxygen atoms in total. The summed E-state index contributed by atoms with van der Waals surface area (Å²) >= 11 is 0. The molecule has 0 bridgehead atoms. The summed E-state index contributed by atoms with van der Waals surface area (Å²) in [6.45, 7) is 1.08. The second-order valence-electron chi connectivity index (χ2n) is 4.88. The van der Waals surface area contributed by atoms with Crippen molar-refractivity contribution < 1.29 is 9.53 Å². The number of ether oxygens (including phenoxy) is 1. The number of hydrogen-bond donors (Lipinski definition) is 1. The van der Waals surface area contributed by atoms with Crippen LogP contribution in [0.15, 0.2) is 24.5 Å². The van der Waals surface area contributed by atoms with Crippen LogP contribution in [-0.4, -0.2) is 35.1 Å². The van der Waals surface area contributed by atoms with E-state index in [4.69, 9.17) is 4.74 Å². The van der Waals surface area contributed by atoms with Gasteiger partial charge in [-0.25, -0.2) is 9.78 Å². The van der Waals surface area contributed by atoms with Gasteiger partial charge in [-0.2, -0.15) is 0 Å². The van der Waals surface area contributed by atoms with Crippen molar-refractivity contribution in [2.75, 3.05) is 13.7 Å². The molecular weight excluding hydrogens is 242 g/mol. The fourth-order valence-corrected chi connectivity index (χ4v) is 2.58. The molecule has 19 heavy (non-hydrogen) atoms. The Balaban J connectivity index is 1.93. The van der Waals surface area contributed by atoms with Crippen molar-refractivity contribution in [3.8, 4) is 0 Å². The first-order valence-corrected chi connectivity index (χ1v) is 6.55. The number of hydrogen-bond acceptors (Lipinski definition) is 4. The minimum atomic E-state index is -0.319. The lowest BCUT2D eigenvalue weighted by molar-refractivity contribution is 0.0600. The van der Waals surface area contributed by atoms with E-state index >= 15 is 0 Å². The highest BCUT2D eigenvalue weighted by Crippen LogP contribution is 2.15. The molecule has 0 amide bonds. The third-order valence-electron chi connectivity index (χ3n) is 3.62. The van der Waals surface area contributed by atoms with Gasteiger partial charge in [0.25, 0.3) is 0 Å². The predicted octanol–water partition coefficient (Wildman–Crippen LogP) is 1.42. The number of carbonyl (C=O) groups excluding carboxylic acids is 1. The number of nitrogens with one attached hydrogen (secondary N) is 1. The molecule has 1 fully saturated rings. The molecular formula is C14H17N3O2. The van der Waals surface area contributed by atoms with Gasteiger partial charge >= 0.3 is 5.97 Å². The van der Waals surface area contributed by atoms with Crippen LogP contribution in [0.4, 0.5) is 0 Å². The summed E-state index contributed by atoms with van der Waals surface area (Å²) in [5, 5.41) is 3.46. The SMILES string of the molecule is COC(=O)c1ccc2cnc(CC3CCCN3)n2c1. The first-order chi connectivity index (χ1) is 9.28. The number of fused-ring (bicyclic) bond motifs is 1. The number of methoxy groups -OCH3 is 1. The predicted molar refractivity (Wildman–Crippen MR) is 71.3 cm³/mol. The van der Waals surface area contributed by atoms with Gasteiger partial charge in [0, 0.05) is 18.7 Å². The monoisotopic (exact) mass is 259 g/mol. The number of carbonyl (C=O) groups is 1. The molecule has 1 aliphatic heterocycles. The van der Waals surface area contributed by atoms with Crippen LogP contribution >= 0.6 is 0 Å². The molecule has 5 heteroatoms. The highest BCUT2D eigenvalue weighted by molar-refractivity contribution is 5.89. The van der Waals surface area contributed by atoms with Crippen LogP contribution in [0.1, 0.15) is 29.0 Å². The Morgan fingerprint density at radius 3 is 3.21 bits per heavy atom. The van der Waals surface area contributed by atoms with E-state index in [-0.39, 0.29) is 5.97 Å². The molecule has 2 aromatic rings. The maximum Gasteiger partial charge on any atom is 0.339 e. The number of esters is 1. The Hall–Kier alpha value is -1.88. The van der Waals surface area contributed by atoms with Crippen molar-refractivity contribution in [3.05, 3.63) is 35.9 Å². The lowest BCUT2D eigenvalue weighted by atomic mass is 10.1. The lowest BCUT2D eigenvalue weighted by Crippen LogP contribution is -2.24. The smallest absolute Gasteiger partial charge is 0.339 e. The molecule has 0 radical (unpaired) electrons. The van der Waals surface area contributed by atoms with Crippen molar-refractivity contribution in [1.82, 2.24) is 14.7 Å². The Morgan fingerprint density at radius 1 is 1.58 bits per heavy atom. The van der Waals surface area contributed by atoms with E-state index in [9.17, 15) is 4.79 Å². The molecule has 1 atom stereocenters. The first-order valence-electron chi connectivity index (χ1n) is 6.55. The van der Waals surface area contributed by atoms with Crippen LogP contribution in [0, 0.1) is 0 Å². The Morgan fingerprint density at radius 2 is 2.47 bits per heavy atom. The fourth-order valence-electron chi connectivity index (χ4n) is 2.58. The molecule has 0 aliphatic carbocycles. The van der Waals surface area contributed by atoms with E-state index in [0.717, 1.165) is 24.3 Å². The number of imidazole rings is 1. The van der Waals surface area contributed by atoms with E-state index in [1.807, 2.05) is 16.7 Å². The topological polar surface area (TPSA) is 55.6 Å². The van der Waals surface area contributed by atoms with Gasteiger partial charge in [-0.1, -0.05) is 0 Å². The molecule has 1 N–H and O–H groups in total. The molecule has 3 rings (SSSR count). The minimum absolute atomic E-state index is 0.319. The zero-order valence-corrected chi connectivity index (χ0v) is 10.9. The summed E-state index contributed by atoms with van der Waals surface area (Å²) < 4.78 is 6.73. The van der Waals surface area contributed by atoms with Crippen molar-refractivity contribution >= 4 is 11.5 Å². The molecule has 100 valence electrons. The third-order valence-corrected chi connectivity index (χ3v) is 3.62. The van der Waals surface area contributed by atoms with Crippen LogP contribution in [0.5, 0.6) is 0 Å². The van der Waals surface area contributed by atoms with Crippen molar-refractivity contribution in [2.45, 2.75) is 25.3 Å². The van der Waals surface area contributed by atoms with Gasteiger partial charge in [0.15, 0.2) is 0 Å². The van der Waals surface area contributed by atoms with Crippen LogP contribution in [0.2, 0.25) is 0 Å². The summed E-state index contributed by atoms with van der Waals surface area (Å²) in [5.41, 5.74) is 1.55. The minimum Gasteiger partial charge on any atom is -0.465 e. The first kappa shape index (κ1) is 12.2. The van der Waals surface area contributed by atoms with Crippen LogP contribution < -0.4 is 5.32 Å².